The van der Waals surface area contributed by atoms with Gasteiger partial charge in [-0.05, 0) is 43.0 Å². The van der Waals surface area contributed by atoms with Gasteiger partial charge in [-0.2, -0.15) is 5.56 Å². The van der Waals surface area contributed by atoms with Crippen LogP contribution in [0.25, 0.3) is 6.08 Å². The van der Waals surface area contributed by atoms with Gasteiger partial charge in [0.1, 0.15) is 0 Å². The second kappa shape index (κ2) is 10.5. The number of benzene rings is 1. The van der Waals surface area contributed by atoms with Crippen molar-refractivity contribution in [2.45, 2.75) is 19.8 Å². The van der Waals surface area contributed by atoms with Gasteiger partial charge in [-0.25, -0.2) is 6.08 Å². The number of halogens is 2. The van der Waals surface area contributed by atoms with Gasteiger partial charge < -0.3 is 24.8 Å². The van der Waals surface area contributed by atoms with Crippen molar-refractivity contribution in [2.75, 3.05) is 0 Å². The van der Waals surface area contributed by atoms with Gasteiger partial charge in [-0.1, -0.05) is 36.3 Å². The van der Waals surface area contributed by atoms with Crippen molar-refractivity contribution in [1.82, 2.24) is 0 Å². The van der Waals surface area contributed by atoms with Crippen molar-refractivity contribution < 1.29 is 51.0 Å². The summed E-state index contributed by atoms with van der Waals surface area (Å²) in [6, 6.07) is 12.9. The smallest absolute Gasteiger partial charge is 1.00 e. The molecule has 1 radical (unpaired) electrons. The number of hydrogen-bond donors (Lipinski definition) is 0. The summed E-state index contributed by atoms with van der Waals surface area (Å²) in [6.45, 7) is 4.17. The van der Waals surface area contributed by atoms with Crippen molar-refractivity contribution in [3.05, 3.63) is 98.9 Å². The fourth-order valence-corrected chi connectivity index (χ4v) is 4.06. The van der Waals surface area contributed by atoms with E-state index >= 15 is 0 Å². The number of fused-ring (bicyclic) bond motifs is 2. The van der Waals surface area contributed by atoms with Crippen LogP contribution in [0, 0.1) is 13.0 Å². The van der Waals surface area contributed by atoms with Crippen molar-refractivity contribution in [3.8, 4) is 0 Å². The second-order valence-corrected chi connectivity index (χ2v) is 7.40. The van der Waals surface area contributed by atoms with E-state index in [1.165, 1.54) is 26.5 Å². The largest absolute Gasteiger partial charge is 3.00 e. The molecule has 27 heavy (non-hydrogen) atoms. The van der Waals surface area contributed by atoms with Gasteiger partial charge in [0.05, 0.1) is 5.70 Å². The van der Waals surface area contributed by atoms with Crippen LogP contribution in [0.4, 0.5) is 0 Å². The zero-order valence-corrected chi connectivity index (χ0v) is 19.8. The minimum Gasteiger partial charge on any atom is -1.00 e. The van der Waals surface area contributed by atoms with Crippen molar-refractivity contribution in [1.29, 1.82) is 0 Å². The average molecular weight is 491 g/mol. The van der Waals surface area contributed by atoms with Gasteiger partial charge >= 0.3 is 26.2 Å². The zero-order chi connectivity index (χ0) is 16.5. The number of nitrogens with zero attached hydrogens (tertiary/aromatic N) is 1. The van der Waals surface area contributed by atoms with E-state index in [0.29, 0.717) is 5.92 Å². The molecule has 2 aromatic rings. The number of aliphatic imine (C=N–C) groups is 1. The number of aryl methyl sites for hydroxylation is 1. The van der Waals surface area contributed by atoms with Gasteiger partial charge in [-0.15, -0.1) is 23.0 Å². The molecule has 1 aliphatic heterocycles. The molecule has 1 aromatic carbocycles. The Morgan fingerprint density at radius 2 is 1.81 bits per heavy atom. The fraction of sp³-hybridized carbons (Fsp3) is 0.136. The first-order valence-electron chi connectivity index (χ1n) is 8.11. The van der Waals surface area contributed by atoms with E-state index in [1.54, 1.807) is 0 Å². The molecule has 0 N–H and O–H groups in total. The van der Waals surface area contributed by atoms with Crippen LogP contribution in [-0.4, -0.2) is 5.71 Å². The molecule has 5 heteroatoms. The van der Waals surface area contributed by atoms with Crippen molar-refractivity contribution in [3.63, 3.8) is 0 Å². The maximum Gasteiger partial charge on any atom is 3.00 e. The van der Waals surface area contributed by atoms with E-state index in [9.17, 15) is 0 Å². The standard InChI is InChI=1S/C14H11S.C8H7N.2ClH.Zr/c1-10-6-9-14(15-10)13-8-7-11-4-2-3-5-12(11)13;1-6-5-7-3-2-4-8(7)9-6;;;/h2-7,9,13H,1H3;2-5H,1H3;2*1H;/q-1;;;;+3/p-2. The van der Waals surface area contributed by atoms with Gasteiger partial charge in [0.2, 0.25) is 0 Å². The number of thiophene rings is 1. The molecule has 1 unspecified atom stereocenters. The van der Waals surface area contributed by atoms with Crippen LogP contribution in [0.1, 0.15) is 33.7 Å². The normalized spacial score (nSPS) is 17.1. The molecular formula is C22H18Cl2NSZr. The first-order valence-corrected chi connectivity index (χ1v) is 8.92. The molecule has 5 rings (SSSR count). The maximum atomic E-state index is 4.27. The third-order valence-electron chi connectivity index (χ3n) is 4.25. The second-order valence-electron chi connectivity index (χ2n) is 6.09. The Morgan fingerprint density at radius 3 is 2.52 bits per heavy atom. The molecule has 1 atom stereocenters. The Balaban J connectivity index is 0.000000266. The van der Waals surface area contributed by atoms with Crippen LogP contribution in [0.2, 0.25) is 0 Å². The number of rotatable bonds is 1. The van der Waals surface area contributed by atoms with Gasteiger partial charge in [0, 0.05) is 16.2 Å². The summed E-state index contributed by atoms with van der Waals surface area (Å²) in [5, 5.41) is 0. The minimum atomic E-state index is 0. The van der Waals surface area contributed by atoms with Crippen LogP contribution < -0.4 is 24.8 Å². The Hall–Kier alpha value is -0.987. The monoisotopic (exact) mass is 488 g/mol. The summed E-state index contributed by atoms with van der Waals surface area (Å²) >= 11 is 1.87. The third kappa shape index (κ3) is 5.30. The van der Waals surface area contributed by atoms with E-state index in [4.69, 9.17) is 0 Å². The van der Waals surface area contributed by atoms with Crippen LogP contribution in [-0.2, 0) is 26.2 Å². The summed E-state index contributed by atoms with van der Waals surface area (Å²) in [4.78, 5) is 7.04. The Morgan fingerprint density at radius 1 is 1.04 bits per heavy atom. The molecular weight excluding hydrogens is 472 g/mol. The first-order chi connectivity index (χ1) is 11.7. The first kappa shape index (κ1) is 24.1. The Bertz CT molecular complexity index is 951. The molecule has 1 nitrogen and oxygen atoms in total. The number of hydrogen-bond acceptors (Lipinski definition) is 2. The van der Waals surface area contributed by atoms with Crippen LogP contribution in [0.15, 0.2) is 77.0 Å². The predicted molar refractivity (Wildman–Crippen MR) is 103 cm³/mol. The quantitative estimate of drug-likeness (QED) is 0.494. The topological polar surface area (TPSA) is 12.4 Å². The van der Waals surface area contributed by atoms with E-state index < -0.39 is 0 Å². The maximum absolute atomic E-state index is 4.27. The van der Waals surface area contributed by atoms with Crippen LogP contribution in [0.5, 0.6) is 0 Å². The molecule has 0 fully saturated rings. The van der Waals surface area contributed by atoms with Gasteiger partial charge in [-0.3, -0.25) is 11.1 Å². The zero-order valence-electron chi connectivity index (χ0n) is 15.0. The summed E-state index contributed by atoms with van der Waals surface area (Å²) in [7, 11) is 0. The van der Waals surface area contributed by atoms with Crippen LogP contribution >= 0.6 is 11.3 Å². The van der Waals surface area contributed by atoms with Gasteiger partial charge in [0.15, 0.2) is 0 Å². The van der Waals surface area contributed by atoms with E-state index in [2.05, 4.69) is 72.6 Å². The molecule has 0 saturated heterocycles. The Kier molecular flexibility index (Phi) is 9.38. The minimum absolute atomic E-state index is 0. The summed E-state index contributed by atoms with van der Waals surface area (Å²) < 4.78 is 0. The summed E-state index contributed by atoms with van der Waals surface area (Å²) in [6.07, 6.45) is 13.8. The molecule has 2 aliphatic carbocycles. The molecule has 135 valence electrons. The van der Waals surface area contributed by atoms with E-state index in [0.717, 1.165) is 11.4 Å². The van der Waals surface area contributed by atoms with Crippen molar-refractivity contribution >= 4 is 23.1 Å². The number of allylic oxidation sites excluding steroid dienone is 5. The Labute approximate surface area is 196 Å². The van der Waals surface area contributed by atoms with Crippen molar-refractivity contribution in [2.24, 2.45) is 4.99 Å². The molecule has 3 aliphatic rings. The average Bonchev–Trinajstić information content (AvgIpc) is 3.30. The molecule has 0 amide bonds. The molecule has 0 bridgehead atoms. The predicted octanol–water partition coefficient (Wildman–Crippen LogP) is -0.135. The molecule has 0 saturated carbocycles. The molecule has 2 heterocycles. The van der Waals surface area contributed by atoms with Crippen LogP contribution in [0.3, 0.4) is 0 Å². The fourth-order valence-electron chi connectivity index (χ4n) is 3.11. The summed E-state index contributed by atoms with van der Waals surface area (Å²) in [5.74, 6) is 0.361. The molecule has 1 aromatic heterocycles. The van der Waals surface area contributed by atoms with E-state index in [-0.39, 0.29) is 51.0 Å². The SMILES string of the molecule is CC1=NC2=CC=CC2=C1.Cc1ccc(C2[C-]=Cc3ccccc32)s1.[Cl-].[Cl-].[Zr+3]. The third-order valence-corrected chi connectivity index (χ3v) is 5.31. The van der Waals surface area contributed by atoms with E-state index in [1.807, 2.05) is 30.4 Å². The van der Waals surface area contributed by atoms with Gasteiger partial charge in [0.25, 0.3) is 0 Å². The molecule has 0 spiro atoms. The summed E-state index contributed by atoms with van der Waals surface area (Å²) in [5.41, 5.74) is 6.19.